The van der Waals surface area contributed by atoms with E-state index in [1.54, 1.807) is 12.4 Å². The molecule has 1 aromatic carbocycles. The SMILES string of the molecule is NC1=N[C@@]2(CO1)c1cc(-c3cncc(Cl)c3)ccc1O[C@@H]1CCOCC12. The van der Waals surface area contributed by atoms with Gasteiger partial charge in [0.05, 0.1) is 24.2 Å². The first kappa shape index (κ1) is 15.9. The average Bonchev–Trinajstić information content (AvgIpc) is 3.04. The van der Waals surface area contributed by atoms with Crippen molar-refractivity contribution >= 4 is 17.6 Å². The number of amidine groups is 1. The number of nitrogens with two attached hydrogens (primary N) is 1. The number of hydrogen-bond donors (Lipinski definition) is 1. The summed E-state index contributed by atoms with van der Waals surface area (Å²) >= 11 is 6.11. The number of hydrogen-bond acceptors (Lipinski definition) is 6. The van der Waals surface area contributed by atoms with Crippen molar-refractivity contribution in [2.24, 2.45) is 16.6 Å². The fraction of sp³-hybridized carbons (Fsp3) is 0.368. The number of halogens is 1. The monoisotopic (exact) mass is 371 g/mol. The molecule has 0 aliphatic carbocycles. The zero-order valence-electron chi connectivity index (χ0n) is 14.0. The number of ether oxygens (including phenoxy) is 3. The second-order valence-electron chi connectivity index (χ2n) is 6.89. The molecular weight excluding hydrogens is 354 g/mol. The van der Waals surface area contributed by atoms with E-state index in [9.17, 15) is 0 Å². The summed E-state index contributed by atoms with van der Waals surface area (Å²) in [5, 5.41) is 0.596. The maximum Gasteiger partial charge on any atom is 0.283 e. The summed E-state index contributed by atoms with van der Waals surface area (Å²) in [6.07, 6.45) is 4.29. The van der Waals surface area contributed by atoms with Crippen LogP contribution in [0.5, 0.6) is 5.75 Å². The molecule has 1 saturated heterocycles. The topological polar surface area (TPSA) is 79.0 Å². The largest absolute Gasteiger partial charge is 0.489 e. The number of fused-ring (bicyclic) bond motifs is 4. The van der Waals surface area contributed by atoms with Crippen molar-refractivity contribution in [1.29, 1.82) is 0 Å². The second kappa shape index (κ2) is 5.86. The van der Waals surface area contributed by atoms with Gasteiger partial charge in [0, 0.05) is 29.9 Å². The van der Waals surface area contributed by atoms with Crippen LogP contribution < -0.4 is 10.5 Å². The molecule has 1 unspecified atom stereocenters. The van der Waals surface area contributed by atoms with Crippen LogP contribution in [0.2, 0.25) is 5.02 Å². The van der Waals surface area contributed by atoms with Crippen LogP contribution in [0.25, 0.3) is 11.1 Å². The Bertz CT molecular complexity index is 903. The lowest BCUT2D eigenvalue weighted by Gasteiger charge is -2.45. The van der Waals surface area contributed by atoms with E-state index in [0.29, 0.717) is 24.8 Å². The van der Waals surface area contributed by atoms with E-state index >= 15 is 0 Å². The summed E-state index contributed by atoms with van der Waals surface area (Å²) < 4.78 is 17.6. The molecule has 2 aromatic rings. The first-order chi connectivity index (χ1) is 12.7. The zero-order valence-corrected chi connectivity index (χ0v) is 14.8. The lowest BCUT2D eigenvalue weighted by atomic mass is 9.72. The molecule has 1 spiro atoms. The maximum atomic E-state index is 6.29. The van der Waals surface area contributed by atoms with Crippen LogP contribution in [0.4, 0.5) is 0 Å². The molecule has 3 atom stereocenters. The minimum atomic E-state index is -0.579. The van der Waals surface area contributed by atoms with Crippen LogP contribution in [0, 0.1) is 5.92 Å². The molecule has 7 heteroatoms. The Morgan fingerprint density at radius 2 is 2.12 bits per heavy atom. The number of aromatic nitrogens is 1. The van der Waals surface area contributed by atoms with Gasteiger partial charge in [-0.2, -0.15) is 0 Å². The molecule has 2 N–H and O–H groups in total. The van der Waals surface area contributed by atoms with Crippen molar-refractivity contribution in [3.05, 3.63) is 47.2 Å². The summed E-state index contributed by atoms with van der Waals surface area (Å²) in [4.78, 5) is 8.91. The van der Waals surface area contributed by atoms with E-state index in [1.807, 2.05) is 18.2 Å². The summed E-state index contributed by atoms with van der Waals surface area (Å²) in [6.45, 7) is 1.67. The van der Waals surface area contributed by atoms with Gasteiger partial charge < -0.3 is 19.9 Å². The Kier molecular flexibility index (Phi) is 3.58. The molecule has 4 heterocycles. The molecule has 1 fully saturated rings. The Morgan fingerprint density at radius 1 is 1.19 bits per heavy atom. The number of nitrogens with zero attached hydrogens (tertiary/aromatic N) is 2. The maximum absolute atomic E-state index is 6.29. The molecule has 0 amide bonds. The smallest absolute Gasteiger partial charge is 0.283 e. The highest BCUT2D eigenvalue weighted by Crippen LogP contribution is 2.50. The zero-order chi connectivity index (χ0) is 17.7. The molecule has 3 aliphatic heterocycles. The average molecular weight is 372 g/mol. The van der Waals surface area contributed by atoms with Crippen molar-refractivity contribution in [2.75, 3.05) is 19.8 Å². The van der Waals surface area contributed by atoms with Crippen LogP contribution in [0.1, 0.15) is 12.0 Å². The van der Waals surface area contributed by atoms with Gasteiger partial charge in [0.15, 0.2) is 0 Å². The molecule has 5 rings (SSSR count). The highest BCUT2D eigenvalue weighted by atomic mass is 35.5. The van der Waals surface area contributed by atoms with E-state index in [1.165, 1.54) is 0 Å². The van der Waals surface area contributed by atoms with Crippen LogP contribution in [0.3, 0.4) is 0 Å². The van der Waals surface area contributed by atoms with Crippen LogP contribution >= 0.6 is 11.6 Å². The number of aliphatic imine (C=N–C) groups is 1. The van der Waals surface area contributed by atoms with Gasteiger partial charge in [-0.1, -0.05) is 17.7 Å². The molecule has 6 nitrogen and oxygen atoms in total. The minimum Gasteiger partial charge on any atom is -0.489 e. The summed E-state index contributed by atoms with van der Waals surface area (Å²) in [5.74, 6) is 0.895. The number of pyridine rings is 1. The van der Waals surface area contributed by atoms with E-state index in [2.05, 4.69) is 11.1 Å². The van der Waals surface area contributed by atoms with Gasteiger partial charge in [-0.15, -0.1) is 0 Å². The fourth-order valence-electron chi connectivity index (χ4n) is 4.16. The van der Waals surface area contributed by atoms with E-state index in [0.717, 1.165) is 28.9 Å². The fourth-order valence-corrected chi connectivity index (χ4v) is 4.33. The lowest BCUT2D eigenvalue weighted by Crippen LogP contribution is -2.52. The highest BCUT2D eigenvalue weighted by Gasteiger charge is 2.54. The number of rotatable bonds is 1. The molecule has 0 saturated carbocycles. The molecular formula is C19H18ClN3O3. The Morgan fingerprint density at radius 3 is 2.92 bits per heavy atom. The van der Waals surface area contributed by atoms with Crippen LogP contribution in [-0.4, -0.2) is 36.9 Å². The van der Waals surface area contributed by atoms with Gasteiger partial charge in [0.2, 0.25) is 0 Å². The first-order valence-electron chi connectivity index (χ1n) is 8.64. The second-order valence-corrected chi connectivity index (χ2v) is 7.33. The molecule has 1 aromatic heterocycles. The van der Waals surface area contributed by atoms with Gasteiger partial charge in [-0.05, 0) is 23.8 Å². The van der Waals surface area contributed by atoms with Crippen LogP contribution in [-0.2, 0) is 15.0 Å². The van der Waals surface area contributed by atoms with E-state index in [4.69, 9.17) is 36.5 Å². The highest BCUT2D eigenvalue weighted by molar-refractivity contribution is 6.30. The standard InChI is InChI=1S/C19H18ClN3O3/c20-13-5-12(7-22-8-13)11-1-2-16-14(6-11)19(10-25-18(21)23-19)15-9-24-4-3-17(15)26-16/h1-2,5-8,15,17H,3-4,9-10H2,(H2,21,23)/t15?,17-,19+/m1/s1. The summed E-state index contributed by atoms with van der Waals surface area (Å²) in [7, 11) is 0. The third-order valence-electron chi connectivity index (χ3n) is 5.42. The predicted molar refractivity (Wildman–Crippen MR) is 97.3 cm³/mol. The van der Waals surface area contributed by atoms with Crippen molar-refractivity contribution in [3.8, 4) is 16.9 Å². The summed E-state index contributed by atoms with van der Waals surface area (Å²) in [6, 6.07) is 8.20. The van der Waals surface area contributed by atoms with E-state index in [-0.39, 0.29) is 18.0 Å². The third-order valence-corrected chi connectivity index (χ3v) is 5.63. The van der Waals surface area contributed by atoms with Crippen molar-refractivity contribution in [3.63, 3.8) is 0 Å². The quantitative estimate of drug-likeness (QED) is 0.833. The first-order valence-corrected chi connectivity index (χ1v) is 9.01. The Labute approximate surface area is 155 Å². The molecule has 0 radical (unpaired) electrons. The normalized spacial score (nSPS) is 29.3. The van der Waals surface area contributed by atoms with Crippen molar-refractivity contribution in [2.45, 2.75) is 18.1 Å². The van der Waals surface area contributed by atoms with Gasteiger partial charge in [0.1, 0.15) is 24.0 Å². The van der Waals surface area contributed by atoms with Gasteiger partial charge >= 0.3 is 0 Å². The van der Waals surface area contributed by atoms with Crippen molar-refractivity contribution < 1.29 is 14.2 Å². The lowest BCUT2D eigenvalue weighted by molar-refractivity contribution is -0.0726. The Balaban J connectivity index is 1.67. The minimum absolute atomic E-state index is 0.0492. The molecule has 0 bridgehead atoms. The molecule has 134 valence electrons. The third kappa shape index (κ3) is 2.36. The van der Waals surface area contributed by atoms with Crippen molar-refractivity contribution in [1.82, 2.24) is 4.98 Å². The summed E-state index contributed by atoms with van der Waals surface area (Å²) in [5.41, 5.74) is 8.24. The van der Waals surface area contributed by atoms with Gasteiger partial charge in [-0.25, -0.2) is 4.99 Å². The Hall–Kier alpha value is -2.31. The number of benzene rings is 1. The van der Waals surface area contributed by atoms with Gasteiger partial charge in [-0.3, -0.25) is 4.98 Å². The van der Waals surface area contributed by atoms with Gasteiger partial charge in [0.25, 0.3) is 6.02 Å². The van der Waals surface area contributed by atoms with Crippen LogP contribution in [0.15, 0.2) is 41.7 Å². The molecule has 3 aliphatic rings. The van der Waals surface area contributed by atoms with E-state index < -0.39 is 5.54 Å². The predicted octanol–water partition coefficient (Wildman–Crippen LogP) is 2.74. The molecule has 26 heavy (non-hydrogen) atoms.